The second-order valence-electron chi connectivity index (χ2n) is 4.09. The highest BCUT2D eigenvalue weighted by Gasteiger charge is 2.24. The quantitative estimate of drug-likeness (QED) is 0.717. The minimum absolute atomic E-state index is 0.0509. The van der Waals surface area contributed by atoms with Crippen LogP contribution in [0, 0.1) is 17.2 Å². The number of pyridine rings is 1. The predicted molar refractivity (Wildman–Crippen MR) is 63.5 cm³/mol. The van der Waals surface area contributed by atoms with Crippen molar-refractivity contribution < 1.29 is 4.79 Å². The summed E-state index contributed by atoms with van der Waals surface area (Å²) >= 11 is 5.75. The number of hydrogen-bond donors (Lipinski definition) is 0. The molecule has 2 rings (SSSR count). The number of nitriles is 1. The maximum absolute atomic E-state index is 12.1. The molecule has 0 radical (unpaired) electrons. The Kier molecular flexibility index (Phi) is 3.60. The van der Waals surface area contributed by atoms with Gasteiger partial charge in [-0.15, -0.1) is 0 Å². The van der Waals surface area contributed by atoms with Gasteiger partial charge in [-0.1, -0.05) is 11.6 Å². The van der Waals surface area contributed by atoms with Crippen LogP contribution in [0.3, 0.4) is 0 Å². The van der Waals surface area contributed by atoms with Crippen LogP contribution in [0.25, 0.3) is 0 Å². The van der Waals surface area contributed by atoms with E-state index in [9.17, 15) is 4.79 Å². The van der Waals surface area contributed by atoms with Crippen LogP contribution in [0.2, 0.25) is 5.15 Å². The first-order valence-electron chi connectivity index (χ1n) is 5.51. The van der Waals surface area contributed by atoms with Crippen molar-refractivity contribution in [2.75, 3.05) is 13.1 Å². The lowest BCUT2D eigenvalue weighted by atomic mass is 9.99. The molecule has 2 heterocycles. The van der Waals surface area contributed by atoms with Crippen molar-refractivity contribution in [2.45, 2.75) is 12.8 Å². The van der Waals surface area contributed by atoms with Gasteiger partial charge in [-0.2, -0.15) is 5.26 Å². The van der Waals surface area contributed by atoms with Crippen molar-refractivity contribution in [1.82, 2.24) is 9.88 Å². The number of piperidine rings is 1. The first-order chi connectivity index (χ1) is 8.20. The summed E-state index contributed by atoms with van der Waals surface area (Å²) in [6.07, 6.45) is 3.27. The standard InChI is InChI=1S/C12H12ClN3O/c13-11-6-10(3-4-15-11)12(17)16-5-1-2-9(7-14)8-16/h3-4,6,9H,1-2,5,8H2. The van der Waals surface area contributed by atoms with E-state index in [4.69, 9.17) is 16.9 Å². The molecule has 1 atom stereocenters. The summed E-state index contributed by atoms with van der Waals surface area (Å²) < 4.78 is 0. The van der Waals surface area contributed by atoms with E-state index in [2.05, 4.69) is 11.1 Å². The lowest BCUT2D eigenvalue weighted by Crippen LogP contribution is -2.39. The summed E-state index contributed by atoms with van der Waals surface area (Å²) in [5.41, 5.74) is 0.531. The lowest BCUT2D eigenvalue weighted by molar-refractivity contribution is 0.0698. The number of carbonyl (C=O) groups excluding carboxylic acids is 1. The molecular weight excluding hydrogens is 238 g/mol. The predicted octanol–water partition coefficient (Wildman–Crippen LogP) is 2.11. The summed E-state index contributed by atoms with van der Waals surface area (Å²) in [6.45, 7) is 1.21. The highest BCUT2D eigenvalue weighted by molar-refractivity contribution is 6.29. The van der Waals surface area contributed by atoms with Crippen molar-refractivity contribution in [2.24, 2.45) is 5.92 Å². The largest absolute Gasteiger partial charge is 0.337 e. The third-order valence-electron chi connectivity index (χ3n) is 2.86. The number of amides is 1. The Morgan fingerprint density at radius 1 is 1.65 bits per heavy atom. The van der Waals surface area contributed by atoms with E-state index in [1.807, 2.05) is 0 Å². The molecule has 1 unspecified atom stereocenters. The topological polar surface area (TPSA) is 57.0 Å². The van der Waals surface area contributed by atoms with E-state index in [0.29, 0.717) is 23.8 Å². The Balaban J connectivity index is 2.12. The zero-order chi connectivity index (χ0) is 12.3. The van der Waals surface area contributed by atoms with E-state index >= 15 is 0 Å². The zero-order valence-corrected chi connectivity index (χ0v) is 10.0. The monoisotopic (exact) mass is 249 g/mol. The van der Waals surface area contributed by atoms with Gasteiger partial charge >= 0.3 is 0 Å². The van der Waals surface area contributed by atoms with E-state index in [1.54, 1.807) is 17.0 Å². The van der Waals surface area contributed by atoms with Gasteiger partial charge in [-0.05, 0) is 25.0 Å². The minimum atomic E-state index is -0.0748. The number of nitrogens with zero attached hydrogens (tertiary/aromatic N) is 3. The van der Waals surface area contributed by atoms with Crippen LogP contribution in [-0.4, -0.2) is 28.9 Å². The Hall–Kier alpha value is -1.60. The van der Waals surface area contributed by atoms with Gasteiger partial charge in [-0.3, -0.25) is 4.79 Å². The zero-order valence-electron chi connectivity index (χ0n) is 9.27. The van der Waals surface area contributed by atoms with Gasteiger partial charge in [-0.25, -0.2) is 4.98 Å². The van der Waals surface area contributed by atoms with E-state index < -0.39 is 0 Å². The van der Waals surface area contributed by atoms with Crippen LogP contribution in [0.15, 0.2) is 18.3 Å². The van der Waals surface area contributed by atoms with E-state index in [-0.39, 0.29) is 11.8 Å². The molecule has 17 heavy (non-hydrogen) atoms. The average Bonchev–Trinajstić information content (AvgIpc) is 2.38. The molecule has 88 valence electrons. The van der Waals surface area contributed by atoms with Crippen molar-refractivity contribution in [3.8, 4) is 6.07 Å². The number of hydrogen-bond acceptors (Lipinski definition) is 3. The van der Waals surface area contributed by atoms with E-state index in [0.717, 1.165) is 12.8 Å². The second-order valence-corrected chi connectivity index (χ2v) is 4.47. The first-order valence-corrected chi connectivity index (χ1v) is 5.89. The molecule has 0 aromatic carbocycles. The molecule has 0 saturated carbocycles. The summed E-state index contributed by atoms with van der Waals surface area (Å²) in [7, 11) is 0. The minimum Gasteiger partial charge on any atom is -0.337 e. The molecule has 5 heteroatoms. The van der Waals surface area contributed by atoms with Gasteiger partial charge in [0.2, 0.25) is 0 Å². The maximum atomic E-state index is 12.1. The van der Waals surface area contributed by atoms with Crippen molar-refractivity contribution >= 4 is 17.5 Å². The van der Waals surface area contributed by atoms with Crippen molar-refractivity contribution in [1.29, 1.82) is 5.26 Å². The number of rotatable bonds is 1. The van der Waals surface area contributed by atoms with Crippen LogP contribution in [0.1, 0.15) is 23.2 Å². The molecule has 0 aliphatic carbocycles. The van der Waals surface area contributed by atoms with Gasteiger partial charge < -0.3 is 4.90 Å². The Labute approximate surface area is 105 Å². The number of carbonyl (C=O) groups is 1. The first kappa shape index (κ1) is 11.9. The van der Waals surface area contributed by atoms with Crippen LogP contribution in [0.4, 0.5) is 0 Å². The summed E-state index contributed by atoms with van der Waals surface area (Å²) in [5.74, 6) is -0.126. The number of likely N-dealkylation sites (tertiary alicyclic amines) is 1. The van der Waals surface area contributed by atoms with Gasteiger partial charge in [0.1, 0.15) is 5.15 Å². The average molecular weight is 250 g/mol. The van der Waals surface area contributed by atoms with Crippen LogP contribution in [-0.2, 0) is 0 Å². The maximum Gasteiger partial charge on any atom is 0.254 e. The van der Waals surface area contributed by atoms with Gasteiger partial charge in [0.05, 0.1) is 12.0 Å². The Morgan fingerprint density at radius 2 is 2.47 bits per heavy atom. The molecule has 1 aliphatic rings. The summed E-state index contributed by atoms with van der Waals surface area (Å²) in [5, 5.41) is 9.20. The molecule has 1 fully saturated rings. The third kappa shape index (κ3) is 2.75. The highest BCUT2D eigenvalue weighted by Crippen LogP contribution is 2.18. The smallest absolute Gasteiger partial charge is 0.254 e. The number of halogens is 1. The summed E-state index contributed by atoms with van der Waals surface area (Å²) in [6, 6.07) is 5.42. The third-order valence-corrected chi connectivity index (χ3v) is 3.07. The van der Waals surface area contributed by atoms with Gasteiger partial charge in [0.25, 0.3) is 5.91 Å². The SMILES string of the molecule is N#CC1CCCN(C(=O)c2ccnc(Cl)c2)C1. The molecule has 1 aromatic heterocycles. The fourth-order valence-electron chi connectivity index (χ4n) is 1.99. The fraction of sp³-hybridized carbons (Fsp3) is 0.417. The van der Waals surface area contributed by atoms with E-state index in [1.165, 1.54) is 6.20 Å². The Morgan fingerprint density at radius 3 is 3.18 bits per heavy atom. The van der Waals surface area contributed by atoms with Crippen LogP contribution >= 0.6 is 11.6 Å². The molecule has 1 aromatic rings. The van der Waals surface area contributed by atoms with Gasteiger partial charge in [0, 0.05) is 24.8 Å². The molecule has 1 aliphatic heterocycles. The number of aromatic nitrogens is 1. The summed E-state index contributed by atoms with van der Waals surface area (Å²) in [4.78, 5) is 17.7. The molecule has 1 amide bonds. The molecule has 0 spiro atoms. The Bertz CT molecular complexity index is 469. The molecule has 4 nitrogen and oxygen atoms in total. The van der Waals surface area contributed by atoms with Crippen molar-refractivity contribution in [3.05, 3.63) is 29.0 Å². The molecular formula is C12H12ClN3O. The van der Waals surface area contributed by atoms with Crippen molar-refractivity contribution in [3.63, 3.8) is 0 Å². The van der Waals surface area contributed by atoms with Gasteiger partial charge in [0.15, 0.2) is 0 Å². The lowest BCUT2D eigenvalue weighted by Gasteiger charge is -2.29. The fourth-order valence-corrected chi connectivity index (χ4v) is 2.16. The van der Waals surface area contributed by atoms with Crippen LogP contribution in [0.5, 0.6) is 0 Å². The highest BCUT2D eigenvalue weighted by atomic mass is 35.5. The molecule has 0 bridgehead atoms. The molecule has 0 N–H and O–H groups in total. The molecule has 1 saturated heterocycles. The second kappa shape index (κ2) is 5.15. The normalized spacial score (nSPS) is 19.8. The van der Waals surface area contributed by atoms with Crippen LogP contribution < -0.4 is 0 Å².